The number of hydrogen-bond donors (Lipinski definition) is 12. The minimum Gasteiger partial charge on any atom is -0.394 e. The predicted octanol–water partition coefficient (Wildman–Crippen LogP) is -8.08. The van der Waals surface area contributed by atoms with Crippen molar-refractivity contribution < 1.29 is 94.4 Å². The van der Waals surface area contributed by atoms with Gasteiger partial charge in [-0.3, -0.25) is 0 Å². The minimum absolute atomic E-state index is 0.469. The molecule has 0 aromatic carbocycles. The summed E-state index contributed by atoms with van der Waals surface area (Å²) in [7, 11) is 0. The first-order valence-corrected chi connectivity index (χ1v) is 13.4. The van der Waals surface area contributed by atoms with Crippen LogP contribution in [-0.2, 0) is 33.2 Å². The van der Waals surface area contributed by atoms with Crippen LogP contribution in [0, 0.1) is 0 Å². The van der Waals surface area contributed by atoms with Crippen LogP contribution < -0.4 is 0 Å². The standard InChI is InChI=1S/C23H40O19/c1-5-18(12(29)14(31)20(35)37-5)41-21-15(32)10(27)8(4-36-21)40-22-17(34)13(30)19(7(3-25)39-22)42-23-16(33)11(28)9(26)6(2-24)38-23/h5-35H,2-4H2,1H3/t5-,6+,7-,8+,9+,10-,11+,12-,13-,14+,15-,16-,17-,18-,19-,20-,21-,22+,23-/m0/s1. The minimum atomic E-state index is -1.90. The van der Waals surface area contributed by atoms with Gasteiger partial charge in [-0.25, -0.2) is 0 Å². The second-order valence-electron chi connectivity index (χ2n) is 10.7. The van der Waals surface area contributed by atoms with E-state index in [1.807, 2.05) is 0 Å². The van der Waals surface area contributed by atoms with E-state index in [1.165, 1.54) is 6.92 Å². The fourth-order valence-corrected chi connectivity index (χ4v) is 5.21. The molecular formula is C23H40O19. The van der Waals surface area contributed by atoms with E-state index in [-0.39, 0.29) is 0 Å². The highest BCUT2D eigenvalue weighted by molar-refractivity contribution is 4.95. The SMILES string of the molecule is C[C@@H]1O[C@H](O)[C@H](O)[C@H](O)[C@H]1O[C@@H]1OC[C@@H](O[C@H]2O[C@@H](CO)[C@H](O[C@@H]3O[C@H](CO)[C@@H](O)[C@@H](O)[C@@H]3O)[C@@H](O)[C@@H]2O)[C@H](O)[C@@H]1O. The maximum atomic E-state index is 10.7. The quantitative estimate of drug-likeness (QED) is 0.120. The number of aliphatic hydroxyl groups is 12. The van der Waals surface area contributed by atoms with Crippen molar-refractivity contribution in [2.75, 3.05) is 19.8 Å². The van der Waals surface area contributed by atoms with Crippen molar-refractivity contribution in [2.45, 2.75) is 124 Å². The lowest BCUT2D eigenvalue weighted by Gasteiger charge is -2.47. The average molecular weight is 621 g/mol. The van der Waals surface area contributed by atoms with Crippen LogP contribution in [0.15, 0.2) is 0 Å². The van der Waals surface area contributed by atoms with Crippen LogP contribution in [0.4, 0.5) is 0 Å². The summed E-state index contributed by atoms with van der Waals surface area (Å²) in [6.07, 6.45) is -30.5. The molecular weight excluding hydrogens is 580 g/mol. The van der Waals surface area contributed by atoms with Crippen molar-refractivity contribution in [3.63, 3.8) is 0 Å². The van der Waals surface area contributed by atoms with E-state index >= 15 is 0 Å². The fourth-order valence-electron chi connectivity index (χ4n) is 5.21. The predicted molar refractivity (Wildman–Crippen MR) is 126 cm³/mol. The zero-order valence-electron chi connectivity index (χ0n) is 22.3. The summed E-state index contributed by atoms with van der Waals surface area (Å²) in [4.78, 5) is 0. The molecule has 0 amide bonds. The summed E-state index contributed by atoms with van der Waals surface area (Å²) in [5.41, 5.74) is 0. The molecule has 0 bridgehead atoms. The van der Waals surface area contributed by atoms with Crippen molar-refractivity contribution in [3.8, 4) is 0 Å². The molecule has 4 saturated heterocycles. The first kappa shape index (κ1) is 34.1. The molecule has 4 rings (SSSR count). The van der Waals surface area contributed by atoms with Gasteiger partial charge in [0, 0.05) is 0 Å². The van der Waals surface area contributed by atoms with Crippen molar-refractivity contribution in [1.82, 2.24) is 0 Å². The van der Waals surface area contributed by atoms with Crippen molar-refractivity contribution in [1.29, 1.82) is 0 Å². The monoisotopic (exact) mass is 620 g/mol. The molecule has 0 saturated carbocycles. The molecule has 42 heavy (non-hydrogen) atoms. The van der Waals surface area contributed by atoms with Crippen LogP contribution in [-0.4, -0.2) is 198 Å². The second-order valence-corrected chi connectivity index (χ2v) is 10.7. The van der Waals surface area contributed by atoms with Crippen molar-refractivity contribution in [2.24, 2.45) is 0 Å². The van der Waals surface area contributed by atoms with Gasteiger partial charge in [0.05, 0.1) is 25.9 Å². The van der Waals surface area contributed by atoms with Crippen molar-refractivity contribution >= 4 is 0 Å². The summed E-state index contributed by atoms with van der Waals surface area (Å²) < 4.78 is 37.8. The summed E-state index contributed by atoms with van der Waals surface area (Å²) in [6.45, 7) is -0.610. The molecule has 19 heteroatoms. The maximum absolute atomic E-state index is 10.7. The average Bonchev–Trinajstić information content (AvgIpc) is 2.97. The van der Waals surface area contributed by atoms with Crippen LogP contribution in [0.2, 0.25) is 0 Å². The highest BCUT2D eigenvalue weighted by Gasteiger charge is 2.53. The Morgan fingerprint density at radius 2 is 1.05 bits per heavy atom. The second kappa shape index (κ2) is 14.1. The van der Waals surface area contributed by atoms with Crippen molar-refractivity contribution in [3.05, 3.63) is 0 Å². The first-order chi connectivity index (χ1) is 19.8. The third kappa shape index (κ3) is 6.74. The third-order valence-corrected chi connectivity index (χ3v) is 7.79. The van der Waals surface area contributed by atoms with Gasteiger partial charge >= 0.3 is 0 Å². The molecule has 0 aromatic heterocycles. The molecule has 12 N–H and O–H groups in total. The van der Waals surface area contributed by atoms with Crippen LogP contribution >= 0.6 is 0 Å². The highest BCUT2D eigenvalue weighted by atomic mass is 16.8. The van der Waals surface area contributed by atoms with E-state index in [1.54, 1.807) is 0 Å². The lowest BCUT2D eigenvalue weighted by atomic mass is 9.96. The van der Waals surface area contributed by atoms with Gasteiger partial charge < -0.3 is 94.4 Å². The number of ether oxygens (including phenoxy) is 7. The molecule has 0 unspecified atom stereocenters. The van der Waals surface area contributed by atoms with E-state index in [2.05, 4.69) is 0 Å². The van der Waals surface area contributed by atoms with Crippen LogP contribution in [0.25, 0.3) is 0 Å². The molecule has 0 aromatic rings. The molecule has 4 fully saturated rings. The third-order valence-electron chi connectivity index (χ3n) is 7.79. The lowest BCUT2D eigenvalue weighted by molar-refractivity contribution is -0.377. The van der Waals surface area contributed by atoms with E-state index in [0.29, 0.717) is 0 Å². The molecule has 4 heterocycles. The molecule has 0 radical (unpaired) electrons. The molecule has 0 spiro atoms. The van der Waals surface area contributed by atoms with Gasteiger partial charge in [0.1, 0.15) is 85.5 Å². The highest BCUT2D eigenvalue weighted by Crippen LogP contribution is 2.32. The summed E-state index contributed by atoms with van der Waals surface area (Å²) in [5.74, 6) is 0. The first-order valence-electron chi connectivity index (χ1n) is 13.4. The molecule has 4 aliphatic heterocycles. The lowest BCUT2D eigenvalue weighted by Crippen LogP contribution is -2.66. The molecule has 0 aliphatic carbocycles. The van der Waals surface area contributed by atoms with Gasteiger partial charge in [0.2, 0.25) is 0 Å². The molecule has 246 valence electrons. The van der Waals surface area contributed by atoms with Gasteiger partial charge in [0.25, 0.3) is 0 Å². The van der Waals surface area contributed by atoms with Crippen LogP contribution in [0.5, 0.6) is 0 Å². The van der Waals surface area contributed by atoms with Crippen LogP contribution in [0.3, 0.4) is 0 Å². The zero-order valence-corrected chi connectivity index (χ0v) is 22.3. The van der Waals surface area contributed by atoms with Gasteiger partial charge in [-0.1, -0.05) is 0 Å². The number of aliphatic hydroxyl groups excluding tert-OH is 12. The van der Waals surface area contributed by atoms with Gasteiger partial charge in [0.15, 0.2) is 25.2 Å². The van der Waals surface area contributed by atoms with Gasteiger partial charge in [-0.15, -0.1) is 0 Å². The fraction of sp³-hybridized carbons (Fsp3) is 1.00. The Labute approximate surface area is 238 Å². The molecule has 19 nitrogen and oxygen atoms in total. The Morgan fingerprint density at radius 3 is 1.69 bits per heavy atom. The number of rotatable bonds is 8. The van der Waals surface area contributed by atoms with Crippen LogP contribution in [0.1, 0.15) is 6.92 Å². The topological polar surface area (TPSA) is 307 Å². The van der Waals surface area contributed by atoms with E-state index < -0.39 is 137 Å². The van der Waals surface area contributed by atoms with E-state index in [4.69, 9.17) is 33.2 Å². The van der Waals surface area contributed by atoms with Gasteiger partial charge in [-0.05, 0) is 6.92 Å². The number of hydrogen-bond acceptors (Lipinski definition) is 19. The Bertz CT molecular complexity index is 851. The van der Waals surface area contributed by atoms with E-state index in [0.717, 1.165) is 0 Å². The molecule has 4 aliphatic rings. The smallest absolute Gasteiger partial charge is 0.187 e. The molecule has 19 atom stereocenters. The Morgan fingerprint density at radius 1 is 0.524 bits per heavy atom. The van der Waals surface area contributed by atoms with Gasteiger partial charge in [-0.2, -0.15) is 0 Å². The summed E-state index contributed by atoms with van der Waals surface area (Å²) in [6, 6.07) is 0. The summed E-state index contributed by atoms with van der Waals surface area (Å²) >= 11 is 0. The zero-order chi connectivity index (χ0) is 31.0. The Kier molecular flexibility index (Phi) is 11.5. The largest absolute Gasteiger partial charge is 0.394 e. The summed E-state index contributed by atoms with van der Waals surface area (Å²) in [5, 5.41) is 122. The maximum Gasteiger partial charge on any atom is 0.187 e. The van der Waals surface area contributed by atoms with E-state index in [9.17, 15) is 61.3 Å². The normalized spacial score (nSPS) is 54.1. The Hall–Kier alpha value is -0.760. The Balaban J connectivity index is 1.36.